The van der Waals surface area contributed by atoms with Gasteiger partial charge in [0.25, 0.3) is 0 Å². The van der Waals surface area contributed by atoms with Crippen molar-refractivity contribution in [3.8, 4) is 0 Å². The molecule has 0 aromatic carbocycles. The molecule has 0 radical (unpaired) electrons. The Morgan fingerprint density at radius 3 is 2.67 bits per heavy atom. The standard InChI is InChI=1S/C14H24N2O5/c1-3-15(12-8-21-7-10(12)13(18)19)14(20)16-5-4-9(2)11(16)6-17/h9-12,17H,3-8H2,1-2H3,(H,18,19). The summed E-state index contributed by atoms with van der Waals surface area (Å²) in [4.78, 5) is 27.3. The monoisotopic (exact) mass is 300 g/mol. The predicted octanol–water partition coefficient (Wildman–Crippen LogP) is 0.231. The number of likely N-dealkylation sites (tertiary alicyclic amines) is 1. The molecule has 4 atom stereocenters. The van der Waals surface area contributed by atoms with Gasteiger partial charge in [0.1, 0.15) is 5.92 Å². The van der Waals surface area contributed by atoms with Crippen molar-refractivity contribution in [2.75, 3.05) is 32.9 Å². The number of likely N-dealkylation sites (N-methyl/N-ethyl adjacent to an activating group) is 1. The number of aliphatic hydroxyl groups excluding tert-OH is 1. The fraction of sp³-hybridized carbons (Fsp3) is 0.857. The van der Waals surface area contributed by atoms with E-state index in [4.69, 9.17) is 4.74 Å². The van der Waals surface area contributed by atoms with Crippen LogP contribution in [0, 0.1) is 11.8 Å². The molecule has 2 rings (SSSR count). The summed E-state index contributed by atoms with van der Waals surface area (Å²) in [6.45, 7) is 5.22. The van der Waals surface area contributed by atoms with Crippen molar-refractivity contribution in [3.63, 3.8) is 0 Å². The van der Waals surface area contributed by atoms with Gasteiger partial charge in [-0.3, -0.25) is 4.79 Å². The van der Waals surface area contributed by atoms with Crippen molar-refractivity contribution in [3.05, 3.63) is 0 Å². The van der Waals surface area contributed by atoms with Gasteiger partial charge in [0, 0.05) is 13.1 Å². The highest BCUT2D eigenvalue weighted by Gasteiger charge is 2.43. The van der Waals surface area contributed by atoms with Gasteiger partial charge in [0.05, 0.1) is 31.9 Å². The molecule has 21 heavy (non-hydrogen) atoms. The molecule has 2 aliphatic rings. The van der Waals surface area contributed by atoms with Gasteiger partial charge in [-0.1, -0.05) is 6.92 Å². The zero-order chi connectivity index (χ0) is 15.6. The molecule has 0 aromatic rings. The third-order valence-electron chi connectivity index (χ3n) is 4.67. The Morgan fingerprint density at radius 1 is 1.38 bits per heavy atom. The van der Waals surface area contributed by atoms with Crippen LogP contribution in [0.15, 0.2) is 0 Å². The lowest BCUT2D eigenvalue weighted by atomic mass is 10.0. The Hall–Kier alpha value is -1.34. The quantitative estimate of drug-likeness (QED) is 0.775. The number of carbonyl (C=O) groups is 2. The van der Waals surface area contributed by atoms with Gasteiger partial charge in [-0.05, 0) is 19.3 Å². The van der Waals surface area contributed by atoms with Gasteiger partial charge in [-0.15, -0.1) is 0 Å². The molecule has 0 spiro atoms. The molecule has 2 amide bonds. The normalized spacial score (nSPS) is 32.4. The summed E-state index contributed by atoms with van der Waals surface area (Å²) in [5.74, 6) is -1.36. The average Bonchev–Trinajstić information content (AvgIpc) is 3.06. The van der Waals surface area contributed by atoms with Gasteiger partial charge in [-0.2, -0.15) is 0 Å². The molecule has 0 aromatic heterocycles. The lowest BCUT2D eigenvalue weighted by Gasteiger charge is -2.35. The van der Waals surface area contributed by atoms with E-state index in [0.29, 0.717) is 13.1 Å². The molecule has 120 valence electrons. The molecular formula is C14H24N2O5. The number of carboxylic acids is 1. The van der Waals surface area contributed by atoms with Crippen molar-refractivity contribution in [1.29, 1.82) is 0 Å². The van der Waals surface area contributed by atoms with E-state index in [0.717, 1.165) is 6.42 Å². The molecule has 2 aliphatic heterocycles. The summed E-state index contributed by atoms with van der Waals surface area (Å²) >= 11 is 0. The van der Waals surface area contributed by atoms with Crippen LogP contribution in [-0.2, 0) is 9.53 Å². The van der Waals surface area contributed by atoms with Crippen LogP contribution in [-0.4, -0.2) is 77.0 Å². The minimum absolute atomic E-state index is 0.0615. The van der Waals surface area contributed by atoms with Crippen LogP contribution in [0.1, 0.15) is 20.3 Å². The van der Waals surface area contributed by atoms with Crippen LogP contribution in [0.25, 0.3) is 0 Å². The Balaban J connectivity index is 2.13. The number of carboxylic acid groups (broad SMARTS) is 1. The minimum atomic E-state index is -0.933. The van der Waals surface area contributed by atoms with E-state index in [9.17, 15) is 19.8 Å². The second kappa shape index (κ2) is 6.62. The van der Waals surface area contributed by atoms with Crippen molar-refractivity contribution in [1.82, 2.24) is 9.80 Å². The third kappa shape index (κ3) is 2.98. The summed E-state index contributed by atoms with van der Waals surface area (Å²) < 4.78 is 5.26. The SMILES string of the molecule is CCN(C(=O)N1CCC(C)C1CO)C1COCC1C(=O)O. The molecule has 4 unspecified atom stereocenters. The number of hydrogen-bond donors (Lipinski definition) is 2. The number of nitrogens with zero attached hydrogens (tertiary/aromatic N) is 2. The Kier molecular flexibility index (Phi) is 5.05. The first-order valence-corrected chi connectivity index (χ1v) is 7.49. The molecule has 0 aliphatic carbocycles. The van der Waals surface area contributed by atoms with E-state index in [1.54, 1.807) is 9.80 Å². The smallest absolute Gasteiger partial charge is 0.320 e. The van der Waals surface area contributed by atoms with Gasteiger partial charge in [-0.25, -0.2) is 4.79 Å². The van der Waals surface area contributed by atoms with Crippen LogP contribution in [0.3, 0.4) is 0 Å². The highest BCUT2D eigenvalue weighted by atomic mass is 16.5. The number of ether oxygens (including phenoxy) is 1. The second-order valence-electron chi connectivity index (χ2n) is 5.83. The highest BCUT2D eigenvalue weighted by molar-refractivity contribution is 5.78. The topological polar surface area (TPSA) is 90.3 Å². The van der Waals surface area contributed by atoms with E-state index < -0.39 is 17.9 Å². The minimum Gasteiger partial charge on any atom is -0.481 e. The van der Waals surface area contributed by atoms with Gasteiger partial charge in [0.2, 0.25) is 0 Å². The van der Waals surface area contributed by atoms with Gasteiger partial charge >= 0.3 is 12.0 Å². The van der Waals surface area contributed by atoms with Crippen LogP contribution in [0.2, 0.25) is 0 Å². The molecule has 7 nitrogen and oxygen atoms in total. The average molecular weight is 300 g/mol. The van der Waals surface area contributed by atoms with Crippen molar-refractivity contribution in [2.45, 2.75) is 32.4 Å². The maximum atomic E-state index is 12.7. The summed E-state index contributed by atoms with van der Waals surface area (Å²) in [5.41, 5.74) is 0. The maximum absolute atomic E-state index is 12.7. The van der Waals surface area contributed by atoms with Gasteiger partial charge < -0.3 is 24.7 Å². The van der Waals surface area contributed by atoms with Crippen LogP contribution >= 0.6 is 0 Å². The van der Waals surface area contributed by atoms with Crippen LogP contribution < -0.4 is 0 Å². The van der Waals surface area contributed by atoms with Crippen molar-refractivity contribution in [2.24, 2.45) is 11.8 Å². The number of aliphatic hydroxyl groups is 1. The zero-order valence-electron chi connectivity index (χ0n) is 12.6. The third-order valence-corrected chi connectivity index (χ3v) is 4.67. The molecule has 2 fully saturated rings. The lowest BCUT2D eigenvalue weighted by molar-refractivity contribution is -0.142. The maximum Gasteiger partial charge on any atom is 0.320 e. The van der Waals surface area contributed by atoms with E-state index in [1.165, 1.54) is 0 Å². The number of amides is 2. The first-order valence-electron chi connectivity index (χ1n) is 7.49. The Morgan fingerprint density at radius 2 is 2.10 bits per heavy atom. The Bertz CT molecular complexity index is 403. The Labute approximate surface area is 124 Å². The molecule has 0 bridgehead atoms. The van der Waals surface area contributed by atoms with E-state index >= 15 is 0 Å². The first kappa shape index (κ1) is 16.0. The second-order valence-corrected chi connectivity index (χ2v) is 5.83. The number of carbonyl (C=O) groups excluding carboxylic acids is 1. The van der Waals surface area contributed by atoms with Crippen LogP contribution in [0.4, 0.5) is 4.79 Å². The zero-order valence-corrected chi connectivity index (χ0v) is 12.6. The fourth-order valence-corrected chi connectivity index (χ4v) is 3.29. The summed E-state index contributed by atoms with van der Waals surface area (Å²) in [6.07, 6.45) is 0.859. The molecule has 2 saturated heterocycles. The molecule has 0 saturated carbocycles. The predicted molar refractivity (Wildman–Crippen MR) is 74.9 cm³/mol. The van der Waals surface area contributed by atoms with E-state index in [2.05, 4.69) is 0 Å². The van der Waals surface area contributed by atoms with Gasteiger partial charge in [0.15, 0.2) is 0 Å². The van der Waals surface area contributed by atoms with E-state index in [1.807, 2.05) is 13.8 Å². The number of urea groups is 1. The van der Waals surface area contributed by atoms with Crippen molar-refractivity contribution < 1.29 is 24.5 Å². The molecule has 7 heteroatoms. The summed E-state index contributed by atoms with van der Waals surface area (Å²) in [7, 11) is 0. The molecule has 2 heterocycles. The highest BCUT2D eigenvalue weighted by Crippen LogP contribution is 2.27. The lowest BCUT2D eigenvalue weighted by Crippen LogP contribution is -2.54. The van der Waals surface area contributed by atoms with Crippen molar-refractivity contribution >= 4 is 12.0 Å². The number of rotatable bonds is 4. The first-order chi connectivity index (χ1) is 10.0. The number of hydrogen-bond acceptors (Lipinski definition) is 4. The summed E-state index contributed by atoms with van der Waals surface area (Å²) in [5, 5.41) is 18.7. The molecular weight excluding hydrogens is 276 g/mol. The summed E-state index contributed by atoms with van der Waals surface area (Å²) in [6, 6.07) is -0.810. The fourth-order valence-electron chi connectivity index (χ4n) is 3.29. The number of aliphatic carboxylic acids is 1. The largest absolute Gasteiger partial charge is 0.481 e. The van der Waals surface area contributed by atoms with E-state index in [-0.39, 0.29) is 37.8 Å². The van der Waals surface area contributed by atoms with Crippen LogP contribution in [0.5, 0.6) is 0 Å². The molecule has 2 N–H and O–H groups in total.